The molecule has 4 nitrogen and oxygen atoms in total. The molecule has 2 aromatic carbocycles. The minimum atomic E-state index is -0.271. The quantitative estimate of drug-likeness (QED) is 0.425. The van der Waals surface area contributed by atoms with E-state index in [0.717, 1.165) is 60.4 Å². The van der Waals surface area contributed by atoms with Crippen molar-refractivity contribution in [1.82, 2.24) is 9.88 Å². The highest BCUT2D eigenvalue weighted by Gasteiger charge is 2.24. The molecule has 31 heavy (non-hydrogen) atoms. The van der Waals surface area contributed by atoms with Gasteiger partial charge in [-0.2, -0.15) is 0 Å². The van der Waals surface area contributed by atoms with Crippen molar-refractivity contribution in [1.29, 1.82) is 0 Å². The fourth-order valence-corrected chi connectivity index (χ4v) is 5.28. The Morgan fingerprint density at radius 3 is 2.58 bits per heavy atom. The summed E-state index contributed by atoms with van der Waals surface area (Å²) in [5.74, 6) is -0.101. The zero-order valence-electron chi connectivity index (χ0n) is 17.0. The molecular formula is C24H23F2N3OS. The van der Waals surface area contributed by atoms with Gasteiger partial charge in [-0.15, -0.1) is 11.3 Å². The van der Waals surface area contributed by atoms with Gasteiger partial charge in [0.05, 0.1) is 12.0 Å². The number of furan rings is 1. The van der Waals surface area contributed by atoms with Crippen molar-refractivity contribution in [3.8, 4) is 11.3 Å². The first-order valence-electron chi connectivity index (χ1n) is 10.5. The van der Waals surface area contributed by atoms with Crippen LogP contribution in [-0.2, 0) is 6.42 Å². The second-order valence-electron chi connectivity index (χ2n) is 8.03. The Kier molecular flexibility index (Phi) is 5.46. The van der Waals surface area contributed by atoms with E-state index in [2.05, 4.69) is 9.88 Å². The van der Waals surface area contributed by atoms with Crippen LogP contribution in [0.25, 0.3) is 22.2 Å². The predicted octanol–water partition coefficient (Wildman–Crippen LogP) is 5.84. The Balaban J connectivity index is 1.22. The second kappa shape index (κ2) is 8.40. The molecule has 0 atom stereocenters. The summed E-state index contributed by atoms with van der Waals surface area (Å²) in [6.07, 6.45) is 4.74. The normalized spacial score (nSPS) is 15.7. The van der Waals surface area contributed by atoms with Gasteiger partial charge in [0.1, 0.15) is 17.2 Å². The molecule has 4 aromatic rings. The lowest BCUT2D eigenvalue weighted by Crippen LogP contribution is -2.34. The van der Waals surface area contributed by atoms with Gasteiger partial charge in [0.2, 0.25) is 0 Å². The molecule has 0 amide bonds. The SMILES string of the molecule is Nc1nc(-c2ccc(F)cc2)c(CCN2CCC(c3coc4cc(F)ccc34)CC2)s1. The van der Waals surface area contributed by atoms with Crippen molar-refractivity contribution in [3.63, 3.8) is 0 Å². The molecule has 0 bridgehead atoms. The molecule has 0 radical (unpaired) electrons. The van der Waals surface area contributed by atoms with Crippen molar-refractivity contribution >= 4 is 27.4 Å². The number of hydrogen-bond donors (Lipinski definition) is 1. The number of nitrogens with zero attached hydrogens (tertiary/aromatic N) is 2. The fraction of sp³-hybridized carbons (Fsp3) is 0.292. The molecule has 0 spiro atoms. The number of piperidine rings is 1. The van der Waals surface area contributed by atoms with E-state index in [-0.39, 0.29) is 11.6 Å². The van der Waals surface area contributed by atoms with E-state index in [1.165, 1.54) is 41.2 Å². The molecule has 2 aromatic heterocycles. The van der Waals surface area contributed by atoms with E-state index < -0.39 is 0 Å². The van der Waals surface area contributed by atoms with Crippen LogP contribution in [0.4, 0.5) is 13.9 Å². The Morgan fingerprint density at radius 2 is 1.81 bits per heavy atom. The van der Waals surface area contributed by atoms with Crippen LogP contribution in [0.1, 0.15) is 29.2 Å². The highest BCUT2D eigenvalue weighted by atomic mass is 32.1. The highest BCUT2D eigenvalue weighted by molar-refractivity contribution is 7.15. The Hall–Kier alpha value is -2.77. The van der Waals surface area contributed by atoms with E-state index in [0.29, 0.717) is 16.6 Å². The molecule has 0 saturated carbocycles. The van der Waals surface area contributed by atoms with Crippen molar-refractivity contribution in [2.24, 2.45) is 0 Å². The number of fused-ring (bicyclic) bond motifs is 1. The zero-order valence-corrected chi connectivity index (χ0v) is 17.8. The van der Waals surface area contributed by atoms with E-state index in [9.17, 15) is 8.78 Å². The topological polar surface area (TPSA) is 55.3 Å². The molecule has 1 fully saturated rings. The average Bonchev–Trinajstić information content (AvgIpc) is 3.36. The number of likely N-dealkylation sites (tertiary alicyclic amines) is 1. The number of halogens is 2. The van der Waals surface area contributed by atoms with Gasteiger partial charge >= 0.3 is 0 Å². The number of anilines is 1. The number of benzene rings is 2. The molecule has 0 aliphatic carbocycles. The third-order valence-corrected chi connectivity index (χ3v) is 7.03. The maximum absolute atomic E-state index is 13.4. The standard InChI is InChI=1S/C24H23F2N3OS/c25-17-3-1-16(2-4-17)23-22(31-24(27)28-23)9-12-29-10-7-15(8-11-29)20-14-30-21-13-18(26)5-6-19(20)21/h1-6,13-15H,7-12H2,(H2,27,28). The lowest BCUT2D eigenvalue weighted by molar-refractivity contribution is 0.215. The molecular weight excluding hydrogens is 416 g/mol. The minimum absolute atomic E-state index is 0.257. The smallest absolute Gasteiger partial charge is 0.180 e. The maximum atomic E-state index is 13.4. The monoisotopic (exact) mass is 439 g/mol. The zero-order chi connectivity index (χ0) is 21.4. The van der Waals surface area contributed by atoms with E-state index >= 15 is 0 Å². The van der Waals surface area contributed by atoms with Crippen LogP contribution in [0.3, 0.4) is 0 Å². The molecule has 5 rings (SSSR count). The van der Waals surface area contributed by atoms with Crippen LogP contribution < -0.4 is 5.73 Å². The van der Waals surface area contributed by atoms with E-state index in [1.807, 2.05) is 6.07 Å². The largest absolute Gasteiger partial charge is 0.464 e. The number of nitrogen functional groups attached to an aromatic ring is 1. The summed E-state index contributed by atoms with van der Waals surface area (Å²) in [5.41, 5.74) is 9.52. The van der Waals surface area contributed by atoms with Gasteiger partial charge in [-0.25, -0.2) is 13.8 Å². The predicted molar refractivity (Wildman–Crippen MR) is 120 cm³/mol. The Bertz CT molecular complexity index is 1190. The second-order valence-corrected chi connectivity index (χ2v) is 9.14. The molecule has 160 valence electrons. The molecule has 1 aliphatic rings. The van der Waals surface area contributed by atoms with Crippen LogP contribution in [0.15, 0.2) is 53.1 Å². The van der Waals surface area contributed by atoms with Crippen LogP contribution in [0.5, 0.6) is 0 Å². The summed E-state index contributed by atoms with van der Waals surface area (Å²) < 4.78 is 32.3. The van der Waals surface area contributed by atoms with Gasteiger partial charge in [-0.05, 0) is 74.7 Å². The van der Waals surface area contributed by atoms with E-state index in [1.54, 1.807) is 18.4 Å². The van der Waals surface area contributed by atoms with Gasteiger partial charge in [-0.3, -0.25) is 0 Å². The summed E-state index contributed by atoms with van der Waals surface area (Å²) in [6.45, 7) is 2.93. The first-order chi connectivity index (χ1) is 15.1. The molecule has 1 aliphatic heterocycles. The van der Waals surface area contributed by atoms with Gasteiger partial charge in [-0.1, -0.05) is 0 Å². The number of rotatable bonds is 5. The summed E-state index contributed by atoms with van der Waals surface area (Å²) in [5, 5.41) is 1.56. The summed E-state index contributed by atoms with van der Waals surface area (Å²) in [4.78, 5) is 8.07. The van der Waals surface area contributed by atoms with Gasteiger partial charge in [0, 0.05) is 34.0 Å². The van der Waals surface area contributed by atoms with Crippen LogP contribution in [0.2, 0.25) is 0 Å². The first kappa shape index (κ1) is 20.2. The van der Waals surface area contributed by atoms with Gasteiger partial charge in [0.15, 0.2) is 5.13 Å². The maximum Gasteiger partial charge on any atom is 0.180 e. The Labute approximate surface area is 183 Å². The highest BCUT2D eigenvalue weighted by Crippen LogP contribution is 2.35. The van der Waals surface area contributed by atoms with Crippen molar-refractivity contribution < 1.29 is 13.2 Å². The molecule has 0 unspecified atom stereocenters. The lowest BCUT2D eigenvalue weighted by atomic mass is 9.89. The third kappa shape index (κ3) is 4.20. The third-order valence-electron chi connectivity index (χ3n) is 6.08. The van der Waals surface area contributed by atoms with Crippen molar-refractivity contribution in [2.45, 2.75) is 25.2 Å². The Morgan fingerprint density at radius 1 is 1.06 bits per heavy atom. The van der Waals surface area contributed by atoms with Gasteiger partial charge in [0.25, 0.3) is 0 Å². The lowest BCUT2D eigenvalue weighted by Gasteiger charge is -2.31. The number of thiazole rings is 1. The summed E-state index contributed by atoms with van der Waals surface area (Å²) in [6, 6.07) is 11.2. The van der Waals surface area contributed by atoms with Crippen molar-refractivity contribution in [3.05, 3.63) is 70.8 Å². The summed E-state index contributed by atoms with van der Waals surface area (Å²) >= 11 is 1.51. The summed E-state index contributed by atoms with van der Waals surface area (Å²) in [7, 11) is 0. The van der Waals surface area contributed by atoms with E-state index in [4.69, 9.17) is 10.2 Å². The van der Waals surface area contributed by atoms with Crippen LogP contribution in [0, 0.1) is 11.6 Å². The van der Waals surface area contributed by atoms with Crippen molar-refractivity contribution in [2.75, 3.05) is 25.4 Å². The number of hydrogen-bond acceptors (Lipinski definition) is 5. The average molecular weight is 440 g/mol. The number of nitrogens with two attached hydrogens (primary N) is 1. The molecule has 2 N–H and O–H groups in total. The fourth-order valence-electron chi connectivity index (χ4n) is 4.44. The molecule has 1 saturated heterocycles. The molecule has 7 heteroatoms. The number of aromatic nitrogens is 1. The van der Waals surface area contributed by atoms with Crippen LogP contribution in [-0.4, -0.2) is 29.5 Å². The first-order valence-corrected chi connectivity index (χ1v) is 11.3. The van der Waals surface area contributed by atoms with Crippen LogP contribution >= 0.6 is 11.3 Å². The van der Waals surface area contributed by atoms with Gasteiger partial charge < -0.3 is 15.1 Å². The molecule has 3 heterocycles. The minimum Gasteiger partial charge on any atom is -0.464 e.